The number of aryl methyl sites for hydroxylation is 1. The summed E-state index contributed by atoms with van der Waals surface area (Å²) in [6.45, 7) is 3.40. The molecule has 33 heavy (non-hydrogen) atoms. The minimum atomic E-state index is -0.760. The first-order valence-corrected chi connectivity index (χ1v) is 10.3. The molecular formula is C24H25N3O6. The van der Waals surface area contributed by atoms with Crippen LogP contribution in [0.2, 0.25) is 0 Å². The van der Waals surface area contributed by atoms with Crippen molar-refractivity contribution in [2.45, 2.75) is 20.4 Å². The molecule has 2 aromatic carbocycles. The van der Waals surface area contributed by atoms with Crippen LogP contribution in [0.5, 0.6) is 11.5 Å². The minimum Gasteiger partial charge on any atom is -0.496 e. The molecule has 1 amide bonds. The first kappa shape index (κ1) is 23.5. The van der Waals surface area contributed by atoms with Crippen LogP contribution in [-0.4, -0.2) is 42.0 Å². The predicted molar refractivity (Wildman–Crippen MR) is 121 cm³/mol. The van der Waals surface area contributed by atoms with Crippen molar-refractivity contribution in [1.29, 1.82) is 0 Å². The van der Waals surface area contributed by atoms with E-state index in [2.05, 4.69) is 10.4 Å². The van der Waals surface area contributed by atoms with E-state index in [9.17, 15) is 14.4 Å². The number of methoxy groups -OCH3 is 1. The quantitative estimate of drug-likeness (QED) is 0.498. The normalized spacial score (nSPS) is 10.4. The number of hydrogen-bond donors (Lipinski definition) is 1. The van der Waals surface area contributed by atoms with Crippen LogP contribution in [-0.2, 0) is 16.1 Å². The fourth-order valence-corrected chi connectivity index (χ4v) is 3.10. The Morgan fingerprint density at radius 3 is 2.52 bits per heavy atom. The first-order valence-electron chi connectivity index (χ1n) is 10.3. The monoisotopic (exact) mass is 451 g/mol. The van der Waals surface area contributed by atoms with Gasteiger partial charge in [-0.05, 0) is 31.5 Å². The lowest BCUT2D eigenvalue weighted by Crippen LogP contribution is -2.30. The summed E-state index contributed by atoms with van der Waals surface area (Å²) in [4.78, 5) is 37.5. The maximum absolute atomic E-state index is 12.7. The fourth-order valence-electron chi connectivity index (χ4n) is 3.10. The number of nitrogens with zero attached hydrogens (tertiary/aromatic N) is 2. The van der Waals surface area contributed by atoms with Gasteiger partial charge in [0.05, 0.1) is 25.5 Å². The van der Waals surface area contributed by atoms with Crippen LogP contribution < -0.4 is 20.3 Å². The molecule has 1 N–H and O–H groups in total. The van der Waals surface area contributed by atoms with Crippen LogP contribution in [0.1, 0.15) is 28.5 Å². The van der Waals surface area contributed by atoms with Crippen molar-refractivity contribution in [1.82, 2.24) is 15.1 Å². The average Bonchev–Trinajstić information content (AvgIpc) is 2.82. The zero-order valence-corrected chi connectivity index (χ0v) is 18.7. The van der Waals surface area contributed by atoms with Gasteiger partial charge in [-0.15, -0.1) is 0 Å². The molecule has 0 fully saturated rings. The third kappa shape index (κ3) is 5.76. The largest absolute Gasteiger partial charge is 0.496 e. The number of para-hydroxylation sites is 2. The zero-order chi connectivity index (χ0) is 23.8. The smallest absolute Gasteiger partial charge is 0.362 e. The molecule has 0 atom stereocenters. The third-order valence-corrected chi connectivity index (χ3v) is 4.74. The second-order valence-corrected chi connectivity index (χ2v) is 6.99. The SMILES string of the molecule is CCOC(=O)c1nn(-c2ccccc2C)c(=O)cc1OCC(=O)NCc1ccccc1OC. The van der Waals surface area contributed by atoms with Gasteiger partial charge in [0, 0.05) is 12.1 Å². The van der Waals surface area contributed by atoms with Crippen molar-refractivity contribution in [3.05, 3.63) is 81.8 Å². The van der Waals surface area contributed by atoms with E-state index in [0.29, 0.717) is 11.4 Å². The molecule has 0 saturated heterocycles. The lowest BCUT2D eigenvalue weighted by Gasteiger charge is -2.14. The summed E-state index contributed by atoms with van der Waals surface area (Å²) < 4.78 is 16.9. The van der Waals surface area contributed by atoms with Crippen LogP contribution in [0, 0.1) is 6.92 Å². The van der Waals surface area contributed by atoms with Gasteiger partial charge in [0.1, 0.15) is 5.75 Å². The van der Waals surface area contributed by atoms with Crippen LogP contribution in [0.25, 0.3) is 5.69 Å². The summed E-state index contributed by atoms with van der Waals surface area (Å²) in [7, 11) is 1.55. The van der Waals surface area contributed by atoms with Crippen molar-refractivity contribution < 1.29 is 23.8 Å². The summed E-state index contributed by atoms with van der Waals surface area (Å²) >= 11 is 0. The Hall–Kier alpha value is -4.14. The molecule has 0 aliphatic heterocycles. The number of carbonyl (C=O) groups is 2. The van der Waals surface area contributed by atoms with Gasteiger partial charge >= 0.3 is 5.97 Å². The fraction of sp³-hybridized carbons (Fsp3) is 0.250. The number of benzene rings is 2. The Kier molecular flexibility index (Phi) is 7.80. The predicted octanol–water partition coefficient (Wildman–Crippen LogP) is 2.42. The second kappa shape index (κ2) is 10.9. The summed E-state index contributed by atoms with van der Waals surface area (Å²) in [6, 6.07) is 15.5. The summed E-state index contributed by atoms with van der Waals surface area (Å²) in [5.41, 5.74) is 1.41. The van der Waals surface area contributed by atoms with Crippen LogP contribution >= 0.6 is 0 Å². The van der Waals surface area contributed by atoms with Crippen LogP contribution in [0.15, 0.2) is 59.4 Å². The van der Waals surface area contributed by atoms with E-state index in [1.54, 1.807) is 32.2 Å². The van der Waals surface area contributed by atoms with E-state index in [1.807, 2.05) is 37.3 Å². The van der Waals surface area contributed by atoms with Crippen LogP contribution in [0.4, 0.5) is 0 Å². The number of esters is 1. The van der Waals surface area contributed by atoms with Gasteiger partial charge in [-0.25, -0.2) is 4.79 Å². The van der Waals surface area contributed by atoms with Gasteiger partial charge < -0.3 is 19.5 Å². The number of carbonyl (C=O) groups excluding carboxylic acids is 2. The Morgan fingerprint density at radius 2 is 1.79 bits per heavy atom. The van der Waals surface area contributed by atoms with Crippen molar-refractivity contribution in [2.24, 2.45) is 0 Å². The van der Waals surface area contributed by atoms with E-state index in [-0.39, 0.29) is 24.6 Å². The summed E-state index contributed by atoms with van der Waals surface area (Å²) in [5.74, 6) is -0.689. The van der Waals surface area contributed by atoms with E-state index in [0.717, 1.165) is 21.9 Å². The maximum atomic E-state index is 12.7. The van der Waals surface area contributed by atoms with Gasteiger partial charge in [0.2, 0.25) is 5.69 Å². The molecule has 0 spiro atoms. The molecule has 172 valence electrons. The molecule has 0 radical (unpaired) electrons. The number of nitrogens with one attached hydrogen (secondary N) is 1. The molecule has 1 aromatic heterocycles. The van der Waals surface area contributed by atoms with Crippen molar-refractivity contribution >= 4 is 11.9 Å². The first-order chi connectivity index (χ1) is 15.9. The number of amides is 1. The molecule has 3 aromatic rings. The molecular weight excluding hydrogens is 426 g/mol. The highest BCUT2D eigenvalue weighted by atomic mass is 16.5. The second-order valence-electron chi connectivity index (χ2n) is 6.99. The molecule has 1 heterocycles. The number of ether oxygens (including phenoxy) is 3. The van der Waals surface area contributed by atoms with Gasteiger partial charge in [-0.3, -0.25) is 9.59 Å². The Bertz CT molecular complexity index is 1200. The van der Waals surface area contributed by atoms with Gasteiger partial charge in [-0.1, -0.05) is 36.4 Å². The highest BCUT2D eigenvalue weighted by Gasteiger charge is 2.21. The zero-order valence-electron chi connectivity index (χ0n) is 18.7. The van der Waals surface area contributed by atoms with Crippen molar-refractivity contribution in [3.8, 4) is 17.2 Å². The topological polar surface area (TPSA) is 109 Å². The molecule has 0 saturated carbocycles. The van der Waals surface area contributed by atoms with E-state index < -0.39 is 24.0 Å². The number of aromatic nitrogens is 2. The molecule has 3 rings (SSSR count). The van der Waals surface area contributed by atoms with Crippen molar-refractivity contribution in [3.63, 3.8) is 0 Å². The standard InChI is InChI=1S/C24H25N3O6/c1-4-32-24(30)23-20(13-22(29)27(26-23)18-11-7-5-9-16(18)2)33-15-21(28)25-14-17-10-6-8-12-19(17)31-3/h5-13H,4,14-15H2,1-3H3,(H,25,28). The maximum Gasteiger partial charge on any atom is 0.362 e. The molecule has 0 bridgehead atoms. The van der Waals surface area contributed by atoms with Gasteiger partial charge in [-0.2, -0.15) is 9.78 Å². The van der Waals surface area contributed by atoms with Crippen LogP contribution in [0.3, 0.4) is 0 Å². The highest BCUT2D eigenvalue weighted by molar-refractivity contribution is 5.90. The molecule has 0 aliphatic rings. The Morgan fingerprint density at radius 1 is 1.06 bits per heavy atom. The average molecular weight is 451 g/mol. The Labute approximate surface area is 190 Å². The van der Waals surface area contributed by atoms with Gasteiger partial charge in [0.15, 0.2) is 12.4 Å². The highest BCUT2D eigenvalue weighted by Crippen LogP contribution is 2.18. The summed E-state index contributed by atoms with van der Waals surface area (Å²) in [6.07, 6.45) is 0. The molecule has 9 nitrogen and oxygen atoms in total. The number of hydrogen-bond acceptors (Lipinski definition) is 7. The van der Waals surface area contributed by atoms with Crippen molar-refractivity contribution in [2.75, 3.05) is 20.3 Å². The number of rotatable bonds is 9. The van der Waals surface area contributed by atoms with E-state index in [1.165, 1.54) is 0 Å². The molecule has 9 heteroatoms. The molecule has 0 aliphatic carbocycles. The minimum absolute atomic E-state index is 0.114. The third-order valence-electron chi connectivity index (χ3n) is 4.74. The molecule has 0 unspecified atom stereocenters. The van der Waals surface area contributed by atoms with E-state index in [4.69, 9.17) is 14.2 Å². The summed E-state index contributed by atoms with van der Waals surface area (Å²) in [5, 5.41) is 6.89. The Balaban J connectivity index is 1.79. The lowest BCUT2D eigenvalue weighted by molar-refractivity contribution is -0.123. The lowest BCUT2D eigenvalue weighted by atomic mass is 10.2. The van der Waals surface area contributed by atoms with E-state index >= 15 is 0 Å². The van der Waals surface area contributed by atoms with Gasteiger partial charge in [0.25, 0.3) is 11.5 Å².